The summed E-state index contributed by atoms with van der Waals surface area (Å²) in [6, 6.07) is 5.84. The van der Waals surface area contributed by atoms with Gasteiger partial charge in [-0.05, 0) is 36.1 Å². The third kappa shape index (κ3) is 3.26. The summed E-state index contributed by atoms with van der Waals surface area (Å²) in [6.45, 7) is 3.21. The van der Waals surface area contributed by atoms with Gasteiger partial charge in [0.15, 0.2) is 5.13 Å². The molecule has 3 N–H and O–H groups in total. The molecule has 0 bridgehead atoms. The minimum Gasteiger partial charge on any atom is -0.399 e. The molecular formula is C12H17N3S2. The van der Waals surface area contributed by atoms with Gasteiger partial charge in [0.2, 0.25) is 0 Å². The first-order valence-electron chi connectivity index (χ1n) is 5.58. The molecule has 17 heavy (non-hydrogen) atoms. The van der Waals surface area contributed by atoms with Gasteiger partial charge in [-0.1, -0.05) is 18.3 Å². The van der Waals surface area contributed by atoms with Crippen LogP contribution in [-0.4, -0.2) is 23.5 Å². The molecule has 0 fully saturated rings. The largest absolute Gasteiger partial charge is 0.399 e. The zero-order chi connectivity index (χ0) is 12.3. The number of aromatic nitrogens is 1. The van der Waals surface area contributed by atoms with Crippen LogP contribution in [0.4, 0.5) is 10.8 Å². The molecule has 92 valence electrons. The molecule has 0 aliphatic carbocycles. The van der Waals surface area contributed by atoms with E-state index in [0.717, 1.165) is 27.6 Å². The lowest BCUT2D eigenvalue weighted by Gasteiger charge is -2.09. The summed E-state index contributed by atoms with van der Waals surface area (Å²) in [6.07, 6.45) is 2.14. The van der Waals surface area contributed by atoms with E-state index >= 15 is 0 Å². The van der Waals surface area contributed by atoms with Crippen molar-refractivity contribution in [2.24, 2.45) is 5.92 Å². The lowest BCUT2D eigenvalue weighted by molar-refractivity contribution is 0.701. The van der Waals surface area contributed by atoms with Crippen LogP contribution in [0.2, 0.25) is 0 Å². The van der Waals surface area contributed by atoms with Crippen LogP contribution in [0.3, 0.4) is 0 Å². The van der Waals surface area contributed by atoms with E-state index in [2.05, 4.69) is 23.5 Å². The number of nitrogens with one attached hydrogen (secondary N) is 1. The number of hydrogen-bond donors (Lipinski definition) is 2. The lowest BCUT2D eigenvalue weighted by Crippen LogP contribution is -2.12. The van der Waals surface area contributed by atoms with Crippen molar-refractivity contribution in [1.82, 2.24) is 4.98 Å². The van der Waals surface area contributed by atoms with E-state index in [4.69, 9.17) is 5.73 Å². The van der Waals surface area contributed by atoms with Gasteiger partial charge in [0.1, 0.15) is 0 Å². The third-order valence-corrected chi connectivity index (χ3v) is 4.34. The molecule has 1 unspecified atom stereocenters. The summed E-state index contributed by atoms with van der Waals surface area (Å²) < 4.78 is 1.14. The maximum atomic E-state index is 5.75. The molecule has 1 aromatic heterocycles. The quantitative estimate of drug-likeness (QED) is 0.816. The molecule has 1 heterocycles. The molecule has 2 rings (SSSR count). The SMILES string of the molecule is CSCC(C)CNc1nc2ccc(N)cc2s1. The fourth-order valence-corrected chi connectivity index (χ4v) is 3.23. The summed E-state index contributed by atoms with van der Waals surface area (Å²) in [5.74, 6) is 1.83. The number of nitrogens with zero attached hydrogens (tertiary/aromatic N) is 1. The van der Waals surface area contributed by atoms with Crippen LogP contribution in [0.1, 0.15) is 6.92 Å². The van der Waals surface area contributed by atoms with Crippen LogP contribution in [0, 0.1) is 5.92 Å². The maximum absolute atomic E-state index is 5.75. The van der Waals surface area contributed by atoms with Crippen molar-refractivity contribution in [3.05, 3.63) is 18.2 Å². The first-order valence-corrected chi connectivity index (χ1v) is 7.79. The Labute approximate surface area is 110 Å². The Balaban J connectivity index is 2.04. The zero-order valence-corrected chi connectivity index (χ0v) is 11.7. The van der Waals surface area contributed by atoms with Gasteiger partial charge in [-0.15, -0.1) is 0 Å². The number of anilines is 2. The molecule has 5 heteroatoms. The van der Waals surface area contributed by atoms with Crippen molar-refractivity contribution >= 4 is 44.1 Å². The minimum absolute atomic E-state index is 0.655. The highest BCUT2D eigenvalue weighted by Crippen LogP contribution is 2.27. The van der Waals surface area contributed by atoms with Crippen LogP contribution in [0.15, 0.2) is 18.2 Å². The molecule has 2 aromatic rings. The maximum Gasteiger partial charge on any atom is 0.183 e. The van der Waals surface area contributed by atoms with Gasteiger partial charge in [-0.25, -0.2) is 4.98 Å². The Morgan fingerprint density at radius 2 is 2.35 bits per heavy atom. The van der Waals surface area contributed by atoms with Crippen molar-refractivity contribution in [2.45, 2.75) is 6.92 Å². The van der Waals surface area contributed by atoms with Crippen molar-refractivity contribution in [2.75, 3.05) is 29.6 Å². The zero-order valence-electron chi connectivity index (χ0n) is 10.1. The molecule has 0 aliphatic heterocycles. The molecule has 1 atom stereocenters. The molecule has 1 aromatic carbocycles. The molecule has 3 nitrogen and oxygen atoms in total. The monoisotopic (exact) mass is 267 g/mol. The second-order valence-corrected chi connectivity index (χ2v) is 6.13. The minimum atomic E-state index is 0.655. The van der Waals surface area contributed by atoms with E-state index < -0.39 is 0 Å². The number of hydrogen-bond acceptors (Lipinski definition) is 5. The number of nitrogen functional groups attached to an aromatic ring is 1. The van der Waals surface area contributed by atoms with E-state index in [1.165, 1.54) is 5.75 Å². The van der Waals surface area contributed by atoms with Gasteiger partial charge >= 0.3 is 0 Å². The summed E-state index contributed by atoms with van der Waals surface area (Å²) in [4.78, 5) is 4.53. The van der Waals surface area contributed by atoms with Gasteiger partial charge < -0.3 is 11.1 Å². The first kappa shape index (κ1) is 12.5. The Morgan fingerprint density at radius 3 is 3.12 bits per heavy atom. The number of benzene rings is 1. The molecular weight excluding hydrogens is 250 g/mol. The predicted octanol–water partition coefficient (Wildman–Crippen LogP) is 3.29. The molecule has 0 amide bonds. The van der Waals surface area contributed by atoms with Gasteiger partial charge in [0.05, 0.1) is 10.2 Å². The Hall–Kier alpha value is -0.940. The smallest absolute Gasteiger partial charge is 0.183 e. The molecule has 0 spiro atoms. The standard InChI is InChI=1S/C12H17N3S2/c1-8(7-16-2)6-14-12-15-10-4-3-9(13)5-11(10)17-12/h3-5,8H,6-7,13H2,1-2H3,(H,14,15). The van der Waals surface area contributed by atoms with Crippen molar-refractivity contribution in [3.63, 3.8) is 0 Å². The van der Waals surface area contributed by atoms with Crippen LogP contribution < -0.4 is 11.1 Å². The van der Waals surface area contributed by atoms with Gasteiger partial charge in [-0.2, -0.15) is 11.8 Å². The van der Waals surface area contributed by atoms with E-state index in [1.807, 2.05) is 30.0 Å². The normalized spacial score (nSPS) is 12.8. The van der Waals surface area contributed by atoms with Crippen molar-refractivity contribution < 1.29 is 0 Å². The van der Waals surface area contributed by atoms with Crippen molar-refractivity contribution in [3.8, 4) is 0 Å². The summed E-state index contributed by atoms with van der Waals surface area (Å²) in [7, 11) is 0. The molecule has 0 saturated carbocycles. The highest BCUT2D eigenvalue weighted by Gasteiger charge is 2.05. The Kier molecular flexibility index (Phi) is 4.12. The average molecular weight is 267 g/mol. The van der Waals surface area contributed by atoms with Crippen LogP contribution in [-0.2, 0) is 0 Å². The van der Waals surface area contributed by atoms with Gasteiger partial charge in [0.25, 0.3) is 0 Å². The molecule has 0 radical (unpaired) electrons. The summed E-state index contributed by atoms with van der Waals surface area (Å²) in [5, 5.41) is 4.38. The summed E-state index contributed by atoms with van der Waals surface area (Å²) >= 11 is 3.54. The number of rotatable bonds is 5. The number of nitrogens with two attached hydrogens (primary N) is 1. The van der Waals surface area contributed by atoms with E-state index in [-0.39, 0.29) is 0 Å². The molecule has 0 saturated heterocycles. The number of thiazole rings is 1. The summed E-state index contributed by atoms with van der Waals surface area (Å²) in [5.41, 5.74) is 7.56. The number of fused-ring (bicyclic) bond motifs is 1. The van der Waals surface area contributed by atoms with Crippen LogP contribution in [0.25, 0.3) is 10.2 Å². The van der Waals surface area contributed by atoms with E-state index in [0.29, 0.717) is 5.92 Å². The first-order chi connectivity index (χ1) is 8.19. The van der Waals surface area contributed by atoms with E-state index in [1.54, 1.807) is 11.3 Å². The van der Waals surface area contributed by atoms with Gasteiger partial charge in [-0.3, -0.25) is 0 Å². The lowest BCUT2D eigenvalue weighted by atomic mass is 10.2. The van der Waals surface area contributed by atoms with Crippen LogP contribution >= 0.6 is 23.1 Å². The Bertz CT molecular complexity index is 495. The fourth-order valence-electron chi connectivity index (χ4n) is 1.62. The highest BCUT2D eigenvalue weighted by atomic mass is 32.2. The predicted molar refractivity (Wildman–Crippen MR) is 80.1 cm³/mol. The molecule has 0 aliphatic rings. The van der Waals surface area contributed by atoms with Gasteiger partial charge in [0, 0.05) is 12.2 Å². The second-order valence-electron chi connectivity index (χ2n) is 4.19. The topological polar surface area (TPSA) is 50.9 Å². The van der Waals surface area contributed by atoms with E-state index in [9.17, 15) is 0 Å². The van der Waals surface area contributed by atoms with Crippen LogP contribution in [0.5, 0.6) is 0 Å². The second kappa shape index (κ2) is 5.60. The Morgan fingerprint density at radius 1 is 1.53 bits per heavy atom. The third-order valence-electron chi connectivity index (χ3n) is 2.47. The number of thioether (sulfide) groups is 1. The average Bonchev–Trinajstić information content (AvgIpc) is 2.68. The highest BCUT2D eigenvalue weighted by molar-refractivity contribution is 7.98. The fraction of sp³-hybridized carbons (Fsp3) is 0.417. The van der Waals surface area contributed by atoms with Crippen molar-refractivity contribution in [1.29, 1.82) is 0 Å².